The Hall–Kier alpha value is -1.55. The van der Waals surface area contributed by atoms with Gasteiger partial charge in [-0.2, -0.15) is 0 Å². The molecule has 2 aromatic rings. The third-order valence-electron chi connectivity index (χ3n) is 2.65. The number of hydrogen-bond acceptors (Lipinski definition) is 2. The van der Waals surface area contributed by atoms with E-state index < -0.39 is 0 Å². The zero-order valence-corrected chi connectivity index (χ0v) is 11.7. The molecule has 2 rings (SSSR count). The van der Waals surface area contributed by atoms with E-state index in [1.165, 1.54) is 0 Å². The summed E-state index contributed by atoms with van der Waals surface area (Å²) in [5.41, 5.74) is 2.51. The van der Waals surface area contributed by atoms with E-state index in [2.05, 4.69) is 21.2 Å². The lowest BCUT2D eigenvalue weighted by atomic mass is 10.2. The van der Waals surface area contributed by atoms with Crippen molar-refractivity contribution in [1.29, 1.82) is 0 Å². The van der Waals surface area contributed by atoms with Crippen LogP contribution in [0, 0.1) is 0 Å². The lowest BCUT2D eigenvalue weighted by molar-refractivity contribution is 0.102. The summed E-state index contributed by atoms with van der Waals surface area (Å²) in [4.78, 5) is 12.1. The average Bonchev–Trinajstić information content (AvgIpc) is 2.87. The molecule has 1 aromatic heterocycles. The molecule has 0 aliphatic carbocycles. The van der Waals surface area contributed by atoms with Crippen LogP contribution < -0.4 is 5.32 Å². The normalized spacial score (nSPS) is 10.3. The summed E-state index contributed by atoms with van der Waals surface area (Å²) < 4.78 is 5.25. The minimum absolute atomic E-state index is 0.132. The first-order chi connectivity index (χ1) is 8.74. The molecule has 0 atom stereocenters. The maximum atomic E-state index is 12.1. The number of aryl methyl sites for hydroxylation is 1. The van der Waals surface area contributed by atoms with Crippen molar-refractivity contribution in [2.75, 3.05) is 5.32 Å². The number of alkyl halides is 1. The number of anilines is 1. The first-order valence-corrected chi connectivity index (χ1v) is 6.89. The van der Waals surface area contributed by atoms with Crippen LogP contribution in [-0.2, 0) is 11.8 Å². The lowest BCUT2D eigenvalue weighted by Gasteiger charge is -2.06. The Morgan fingerprint density at radius 2 is 2.22 bits per heavy atom. The van der Waals surface area contributed by atoms with Gasteiger partial charge in [-0.25, -0.2) is 0 Å². The summed E-state index contributed by atoms with van der Waals surface area (Å²) >= 11 is 3.39. The molecule has 0 spiro atoms. The Balaban J connectivity index is 2.16. The molecule has 0 unspecified atom stereocenters. The summed E-state index contributed by atoms with van der Waals surface area (Å²) in [7, 11) is 0. The van der Waals surface area contributed by atoms with Crippen LogP contribution in [0.25, 0.3) is 0 Å². The second-order valence-electron chi connectivity index (χ2n) is 3.90. The highest BCUT2D eigenvalue weighted by Gasteiger charge is 2.13. The molecule has 0 fully saturated rings. The zero-order valence-electron chi connectivity index (χ0n) is 10.1. The van der Waals surface area contributed by atoms with Crippen molar-refractivity contribution >= 4 is 27.5 Å². The number of hydrogen-bond donors (Lipinski definition) is 1. The molecular formula is C14H14BrNO2. The second kappa shape index (κ2) is 5.87. The van der Waals surface area contributed by atoms with Crippen molar-refractivity contribution < 1.29 is 9.21 Å². The van der Waals surface area contributed by atoms with E-state index in [1.807, 2.05) is 31.2 Å². The molecule has 1 heterocycles. The predicted molar refractivity (Wildman–Crippen MR) is 75.1 cm³/mol. The number of nitrogens with one attached hydrogen (secondary N) is 1. The van der Waals surface area contributed by atoms with Crippen molar-refractivity contribution in [1.82, 2.24) is 0 Å². The molecule has 94 valence electrons. The van der Waals surface area contributed by atoms with Gasteiger partial charge in [0.15, 0.2) is 0 Å². The molecule has 1 aromatic carbocycles. The highest BCUT2D eigenvalue weighted by molar-refractivity contribution is 9.08. The fourth-order valence-electron chi connectivity index (χ4n) is 1.75. The summed E-state index contributed by atoms with van der Waals surface area (Å²) in [6.45, 7) is 1.96. The van der Waals surface area contributed by atoms with Crippen LogP contribution in [-0.4, -0.2) is 5.91 Å². The topological polar surface area (TPSA) is 42.2 Å². The number of carbonyl (C=O) groups excluding carboxylic acids is 1. The monoisotopic (exact) mass is 307 g/mol. The van der Waals surface area contributed by atoms with E-state index in [9.17, 15) is 4.79 Å². The number of rotatable bonds is 4. The van der Waals surface area contributed by atoms with Crippen molar-refractivity contribution in [3.8, 4) is 0 Å². The predicted octanol–water partition coefficient (Wildman–Crippen LogP) is 3.99. The first-order valence-electron chi connectivity index (χ1n) is 5.77. The zero-order chi connectivity index (χ0) is 13.0. The van der Waals surface area contributed by atoms with Gasteiger partial charge < -0.3 is 9.73 Å². The molecular weight excluding hydrogens is 294 g/mol. The van der Waals surface area contributed by atoms with Crippen molar-refractivity contribution in [3.63, 3.8) is 0 Å². The van der Waals surface area contributed by atoms with Crippen LogP contribution in [0.5, 0.6) is 0 Å². The molecule has 18 heavy (non-hydrogen) atoms. The molecule has 1 amide bonds. The minimum atomic E-state index is -0.132. The van der Waals surface area contributed by atoms with Crippen LogP contribution in [0.1, 0.15) is 28.6 Å². The molecule has 0 bridgehead atoms. The van der Waals surface area contributed by atoms with Crippen LogP contribution in [0.2, 0.25) is 0 Å². The van der Waals surface area contributed by atoms with Gasteiger partial charge in [-0.3, -0.25) is 4.79 Å². The van der Waals surface area contributed by atoms with Gasteiger partial charge in [0, 0.05) is 17.4 Å². The van der Waals surface area contributed by atoms with Crippen LogP contribution in [0.3, 0.4) is 0 Å². The van der Waals surface area contributed by atoms with Crippen molar-refractivity contribution in [2.24, 2.45) is 0 Å². The molecule has 0 aliphatic rings. The smallest absolute Gasteiger partial charge is 0.259 e. The summed E-state index contributed by atoms with van der Waals surface area (Å²) in [5.74, 6) is 0.580. The number of benzene rings is 1. The maximum absolute atomic E-state index is 12.1. The second-order valence-corrected chi connectivity index (χ2v) is 4.46. The van der Waals surface area contributed by atoms with Gasteiger partial charge in [-0.15, -0.1) is 0 Å². The van der Waals surface area contributed by atoms with E-state index in [0.29, 0.717) is 17.7 Å². The Kier molecular flexibility index (Phi) is 4.20. The molecule has 4 heteroatoms. The fraction of sp³-hybridized carbons (Fsp3) is 0.214. The van der Waals surface area contributed by atoms with Crippen molar-refractivity contribution in [3.05, 3.63) is 53.5 Å². The fourth-order valence-corrected chi connectivity index (χ4v) is 2.10. The molecule has 0 aliphatic heterocycles. The molecule has 0 saturated carbocycles. The first kappa shape index (κ1) is 12.9. The number of carbonyl (C=O) groups is 1. The van der Waals surface area contributed by atoms with Gasteiger partial charge in [0.1, 0.15) is 5.76 Å². The quantitative estimate of drug-likeness (QED) is 0.868. The summed E-state index contributed by atoms with van der Waals surface area (Å²) in [6, 6.07) is 9.43. The van der Waals surface area contributed by atoms with Gasteiger partial charge in [0.05, 0.1) is 11.8 Å². The average molecular weight is 308 g/mol. The van der Waals surface area contributed by atoms with Gasteiger partial charge in [-0.05, 0) is 23.8 Å². The number of amides is 1. The third kappa shape index (κ3) is 2.82. The minimum Gasteiger partial charge on any atom is -0.469 e. The van der Waals surface area contributed by atoms with Gasteiger partial charge in [-0.1, -0.05) is 35.0 Å². The van der Waals surface area contributed by atoms with Crippen molar-refractivity contribution in [2.45, 2.75) is 18.7 Å². The van der Waals surface area contributed by atoms with E-state index in [4.69, 9.17) is 4.42 Å². The van der Waals surface area contributed by atoms with Crippen LogP contribution >= 0.6 is 15.9 Å². The maximum Gasteiger partial charge on any atom is 0.259 e. The summed E-state index contributed by atoms with van der Waals surface area (Å²) in [5, 5.41) is 3.64. The van der Waals surface area contributed by atoms with Gasteiger partial charge in [0.2, 0.25) is 0 Å². The van der Waals surface area contributed by atoms with E-state index in [0.717, 1.165) is 16.6 Å². The standard InChI is InChI=1S/C14H14BrNO2/c1-2-13-12(6-7-18-13)14(17)16-11-5-3-4-10(8-11)9-15/h3-8H,2,9H2,1H3,(H,16,17). The van der Waals surface area contributed by atoms with E-state index in [-0.39, 0.29) is 5.91 Å². The van der Waals surface area contributed by atoms with Crippen LogP contribution in [0.4, 0.5) is 5.69 Å². The molecule has 0 saturated heterocycles. The Labute approximate surface area is 114 Å². The summed E-state index contributed by atoms with van der Waals surface area (Å²) in [6.07, 6.45) is 2.25. The SMILES string of the molecule is CCc1occc1C(=O)Nc1cccc(CBr)c1. The highest BCUT2D eigenvalue weighted by atomic mass is 79.9. The molecule has 0 radical (unpaired) electrons. The molecule has 3 nitrogen and oxygen atoms in total. The lowest BCUT2D eigenvalue weighted by Crippen LogP contribution is -2.12. The van der Waals surface area contributed by atoms with E-state index in [1.54, 1.807) is 12.3 Å². The third-order valence-corrected chi connectivity index (χ3v) is 3.30. The Bertz CT molecular complexity index is 548. The largest absolute Gasteiger partial charge is 0.469 e. The highest BCUT2D eigenvalue weighted by Crippen LogP contribution is 2.16. The number of halogens is 1. The van der Waals surface area contributed by atoms with Crippen LogP contribution in [0.15, 0.2) is 41.0 Å². The Morgan fingerprint density at radius 1 is 1.39 bits per heavy atom. The number of furan rings is 1. The van der Waals surface area contributed by atoms with Gasteiger partial charge >= 0.3 is 0 Å². The van der Waals surface area contributed by atoms with E-state index >= 15 is 0 Å². The van der Waals surface area contributed by atoms with Gasteiger partial charge in [0.25, 0.3) is 5.91 Å². The Morgan fingerprint density at radius 3 is 2.94 bits per heavy atom. The molecule has 1 N–H and O–H groups in total.